The summed E-state index contributed by atoms with van der Waals surface area (Å²) in [4.78, 5) is 38.0. The Hall–Kier alpha value is -2.05. The van der Waals surface area contributed by atoms with Gasteiger partial charge in [-0.25, -0.2) is 4.79 Å². The normalized spacial score (nSPS) is 42.3. The molecule has 266 valence electrons. The number of amides is 2. The molecule has 0 bridgehead atoms. The van der Waals surface area contributed by atoms with Gasteiger partial charge in [-0.2, -0.15) is 0 Å². The van der Waals surface area contributed by atoms with Crippen molar-refractivity contribution < 1.29 is 24.2 Å². The van der Waals surface area contributed by atoms with E-state index in [0.29, 0.717) is 42.1 Å². The fourth-order valence-electron chi connectivity index (χ4n) is 12.8. The molecule has 2 amide bonds. The zero-order valence-corrected chi connectivity index (χ0v) is 31.3. The van der Waals surface area contributed by atoms with Crippen molar-refractivity contribution in [1.29, 1.82) is 0 Å². The molecule has 3 N–H and O–H groups in total. The van der Waals surface area contributed by atoms with Crippen LogP contribution in [0.15, 0.2) is 12.2 Å². The molecule has 5 saturated carbocycles. The minimum absolute atomic E-state index is 0.00574. The van der Waals surface area contributed by atoms with Gasteiger partial charge in [-0.05, 0) is 137 Å². The van der Waals surface area contributed by atoms with Crippen LogP contribution in [-0.4, -0.2) is 41.3 Å². The highest BCUT2D eigenvalue weighted by Gasteiger charge is 2.71. The summed E-state index contributed by atoms with van der Waals surface area (Å²) in [6, 6.07) is -0.00574. The van der Waals surface area contributed by atoms with Crippen molar-refractivity contribution in [3.05, 3.63) is 12.2 Å². The van der Waals surface area contributed by atoms with Crippen LogP contribution in [0.4, 0.5) is 4.79 Å². The highest BCUT2D eigenvalue weighted by atomic mass is 16.5. The van der Waals surface area contributed by atoms with Crippen LogP contribution in [0.25, 0.3) is 0 Å². The summed E-state index contributed by atoms with van der Waals surface area (Å²) >= 11 is 0. The number of hydrogen-bond donors (Lipinski definition) is 3. The van der Waals surface area contributed by atoms with Crippen molar-refractivity contribution in [2.24, 2.45) is 62.6 Å². The van der Waals surface area contributed by atoms with Gasteiger partial charge in [0.1, 0.15) is 6.10 Å². The first-order valence-electron chi connectivity index (χ1n) is 18.8. The molecule has 7 heteroatoms. The molecule has 5 rings (SSSR count). The van der Waals surface area contributed by atoms with Gasteiger partial charge in [-0.3, -0.25) is 9.59 Å². The number of rotatable bonds is 8. The van der Waals surface area contributed by atoms with E-state index in [2.05, 4.69) is 72.6 Å². The number of aliphatic carboxylic acids is 1. The lowest BCUT2D eigenvalue weighted by atomic mass is 9.32. The molecule has 0 heterocycles. The first kappa shape index (κ1) is 36.2. The highest BCUT2D eigenvalue weighted by molar-refractivity contribution is 5.81. The van der Waals surface area contributed by atoms with E-state index in [1.807, 2.05) is 0 Å². The summed E-state index contributed by atoms with van der Waals surface area (Å²) in [5.41, 5.74) is 0.260. The topological polar surface area (TPSA) is 105 Å². The molecule has 5 aliphatic rings. The van der Waals surface area contributed by atoms with Gasteiger partial charge in [0, 0.05) is 17.5 Å². The molecule has 0 saturated heterocycles. The number of carboxylic acids is 1. The lowest BCUT2D eigenvalue weighted by Gasteiger charge is -2.73. The van der Waals surface area contributed by atoms with Crippen molar-refractivity contribution in [3.63, 3.8) is 0 Å². The van der Waals surface area contributed by atoms with E-state index < -0.39 is 17.4 Å². The Morgan fingerprint density at radius 1 is 0.894 bits per heavy atom. The molecule has 47 heavy (non-hydrogen) atoms. The molecule has 7 nitrogen and oxygen atoms in total. The maximum Gasteiger partial charge on any atom is 0.315 e. The highest BCUT2D eigenvalue weighted by Crippen LogP contribution is 2.76. The average molecular weight is 655 g/mol. The zero-order valence-electron chi connectivity index (χ0n) is 31.3. The number of nitrogens with one attached hydrogen (secondary N) is 2. The molecule has 0 radical (unpaired) electrons. The molecule has 5 fully saturated rings. The molecule has 0 spiro atoms. The van der Waals surface area contributed by atoms with E-state index in [-0.39, 0.29) is 45.8 Å². The number of esters is 1. The Kier molecular flexibility index (Phi) is 9.31. The molecular formula is C40H66N2O5. The number of ether oxygens (including phenoxy) is 1. The average Bonchev–Trinajstić information content (AvgIpc) is 3.33. The molecule has 0 unspecified atom stereocenters. The van der Waals surface area contributed by atoms with Gasteiger partial charge >= 0.3 is 18.0 Å². The maximum atomic E-state index is 13.3. The van der Waals surface area contributed by atoms with E-state index in [1.165, 1.54) is 24.8 Å². The van der Waals surface area contributed by atoms with Crippen LogP contribution in [0.3, 0.4) is 0 Å². The summed E-state index contributed by atoms with van der Waals surface area (Å²) in [5.74, 6) is 1.44. The Bertz CT molecular complexity index is 1270. The fourth-order valence-corrected chi connectivity index (χ4v) is 12.8. The van der Waals surface area contributed by atoms with Crippen LogP contribution in [0.5, 0.6) is 0 Å². The lowest BCUT2D eigenvalue weighted by Crippen LogP contribution is -2.69. The third-order valence-corrected chi connectivity index (χ3v) is 15.5. The van der Waals surface area contributed by atoms with E-state index in [0.717, 1.165) is 44.9 Å². The van der Waals surface area contributed by atoms with Crippen LogP contribution < -0.4 is 10.6 Å². The van der Waals surface area contributed by atoms with Gasteiger partial charge in [0.15, 0.2) is 0 Å². The minimum Gasteiger partial charge on any atom is -0.481 e. The Morgan fingerprint density at radius 3 is 2.19 bits per heavy atom. The second kappa shape index (κ2) is 12.1. The zero-order chi connectivity index (χ0) is 35.0. The third kappa shape index (κ3) is 5.75. The number of carbonyl (C=O) groups is 3. The fraction of sp³-hybridized carbons (Fsp3) is 0.875. The Balaban J connectivity index is 1.40. The second-order valence-corrected chi connectivity index (χ2v) is 19.3. The molecule has 0 aromatic carbocycles. The molecule has 10 atom stereocenters. The summed E-state index contributed by atoms with van der Waals surface area (Å²) in [5, 5.41) is 16.3. The van der Waals surface area contributed by atoms with Gasteiger partial charge in [-0.1, -0.05) is 60.6 Å². The SMILES string of the molecule is C=C(C)[C@@H]1CC[C@]2(NC(=O)NCC(C)C)CC[C@]3(C)[C@H](CC[C@@H]4[C@@]5(C)CC[C@H](OC(=O)CC(C)(C)C(=O)O)C(C)(C)[C@@H]5CC[C@]43C)[C@@H]12. The Labute approximate surface area is 285 Å². The quantitative estimate of drug-likeness (QED) is 0.179. The molecular weight excluding hydrogens is 588 g/mol. The summed E-state index contributed by atoms with van der Waals surface area (Å²) in [6.45, 7) is 27.2. The van der Waals surface area contributed by atoms with E-state index >= 15 is 0 Å². The van der Waals surface area contributed by atoms with E-state index in [4.69, 9.17) is 4.74 Å². The van der Waals surface area contributed by atoms with Gasteiger partial charge < -0.3 is 20.5 Å². The van der Waals surface area contributed by atoms with Gasteiger partial charge in [-0.15, -0.1) is 0 Å². The van der Waals surface area contributed by atoms with Crippen LogP contribution in [0.2, 0.25) is 0 Å². The van der Waals surface area contributed by atoms with E-state index in [1.54, 1.807) is 13.8 Å². The lowest BCUT2D eigenvalue weighted by molar-refractivity contribution is -0.246. The van der Waals surface area contributed by atoms with Gasteiger partial charge in [0.05, 0.1) is 11.8 Å². The summed E-state index contributed by atoms with van der Waals surface area (Å²) < 4.78 is 6.16. The van der Waals surface area contributed by atoms with Crippen molar-refractivity contribution in [2.75, 3.05) is 6.54 Å². The van der Waals surface area contributed by atoms with Crippen LogP contribution in [0.1, 0.15) is 140 Å². The van der Waals surface area contributed by atoms with Crippen molar-refractivity contribution >= 4 is 18.0 Å². The summed E-state index contributed by atoms with van der Waals surface area (Å²) in [7, 11) is 0. The number of allylic oxidation sites excluding steroid dienone is 1. The van der Waals surface area contributed by atoms with Gasteiger partial charge in [0.25, 0.3) is 0 Å². The second-order valence-electron chi connectivity index (χ2n) is 19.3. The van der Waals surface area contributed by atoms with Crippen molar-refractivity contribution in [3.8, 4) is 0 Å². The number of carbonyl (C=O) groups excluding carboxylic acids is 2. The van der Waals surface area contributed by atoms with Crippen LogP contribution in [-0.2, 0) is 14.3 Å². The summed E-state index contributed by atoms with van der Waals surface area (Å²) in [6.07, 6.45) is 10.5. The smallest absolute Gasteiger partial charge is 0.315 e. The molecule has 0 aromatic rings. The van der Waals surface area contributed by atoms with Crippen molar-refractivity contribution in [2.45, 2.75) is 152 Å². The monoisotopic (exact) mass is 654 g/mol. The van der Waals surface area contributed by atoms with Crippen LogP contribution in [0, 0.1) is 62.6 Å². The Morgan fingerprint density at radius 2 is 1.57 bits per heavy atom. The first-order valence-corrected chi connectivity index (χ1v) is 18.8. The first-order chi connectivity index (χ1) is 21.6. The third-order valence-electron chi connectivity index (χ3n) is 15.5. The maximum absolute atomic E-state index is 13.3. The molecule has 0 aliphatic heterocycles. The minimum atomic E-state index is -1.14. The number of fused-ring (bicyclic) bond motifs is 7. The van der Waals surface area contributed by atoms with Crippen molar-refractivity contribution in [1.82, 2.24) is 10.6 Å². The van der Waals surface area contributed by atoms with Gasteiger partial charge in [0.2, 0.25) is 0 Å². The predicted molar refractivity (Wildman–Crippen MR) is 187 cm³/mol. The largest absolute Gasteiger partial charge is 0.481 e. The number of hydrogen-bond acceptors (Lipinski definition) is 4. The number of urea groups is 1. The molecule has 5 aliphatic carbocycles. The van der Waals surface area contributed by atoms with E-state index in [9.17, 15) is 19.5 Å². The molecule has 0 aromatic heterocycles. The number of carboxylic acid groups (broad SMARTS) is 1. The standard InChI is InChI=1S/C40H66N2O5/c1-24(2)23-41-34(46)42-40-19-14-26(25(3)4)32(40)27-12-13-29-37(9)17-16-30(47-31(43)22-35(5,6)33(44)45)36(7,8)28(37)15-18-39(29,11)38(27,10)20-21-40/h24,26-30,32H,3,12-23H2,1-2,4-11H3,(H,44,45)(H2,41,42,46)/t26-,27+,28-,29+,30-,32+,37-,38+,39+,40-/m0/s1. The predicted octanol–water partition coefficient (Wildman–Crippen LogP) is 8.76. The van der Waals surface area contributed by atoms with Crippen LogP contribution >= 0.6 is 0 Å².